The predicted molar refractivity (Wildman–Crippen MR) is 59.6 cm³/mol. The number of alkyl halides is 1. The summed E-state index contributed by atoms with van der Waals surface area (Å²) in [6.45, 7) is 0. The van der Waals surface area contributed by atoms with Crippen LogP contribution in [0.2, 0.25) is 0 Å². The van der Waals surface area contributed by atoms with E-state index in [1.807, 2.05) is 12.2 Å². The van der Waals surface area contributed by atoms with Crippen LogP contribution in [-0.4, -0.2) is 23.4 Å². The zero-order chi connectivity index (χ0) is 10.4. The molecule has 1 aromatic rings. The van der Waals surface area contributed by atoms with Crippen LogP contribution in [0.5, 0.6) is 0 Å². The Bertz CT molecular complexity index is 331. The van der Waals surface area contributed by atoms with E-state index in [4.69, 9.17) is 0 Å². The number of halogens is 1. The molecule has 0 aliphatic heterocycles. The number of H-pyrrole nitrogens is 1. The monoisotopic (exact) mass is 257 g/mol. The maximum atomic E-state index is 11.1. The molecule has 0 radical (unpaired) electrons. The lowest BCUT2D eigenvalue weighted by molar-refractivity contribution is 0.0595. The van der Waals surface area contributed by atoms with E-state index in [0.29, 0.717) is 5.69 Å². The average molecular weight is 258 g/mol. The van der Waals surface area contributed by atoms with Crippen molar-refractivity contribution in [3.05, 3.63) is 29.6 Å². The van der Waals surface area contributed by atoms with E-state index in [1.54, 1.807) is 12.3 Å². The fourth-order valence-corrected chi connectivity index (χ4v) is 1.28. The van der Waals surface area contributed by atoms with Gasteiger partial charge in [0.1, 0.15) is 5.69 Å². The van der Waals surface area contributed by atoms with Gasteiger partial charge in [0, 0.05) is 11.5 Å². The first-order valence-electron chi connectivity index (χ1n) is 4.27. The number of ether oxygens (including phenoxy) is 1. The van der Waals surface area contributed by atoms with Gasteiger partial charge in [-0.2, -0.15) is 0 Å². The van der Waals surface area contributed by atoms with Gasteiger partial charge in [-0.15, -0.1) is 0 Å². The summed E-state index contributed by atoms with van der Waals surface area (Å²) in [7, 11) is 1.36. The molecule has 1 aromatic heterocycles. The van der Waals surface area contributed by atoms with E-state index >= 15 is 0 Å². The summed E-state index contributed by atoms with van der Waals surface area (Å²) in [6.07, 6.45) is 6.75. The molecule has 1 rings (SSSR count). The number of aromatic amines is 1. The van der Waals surface area contributed by atoms with Crippen LogP contribution in [0, 0.1) is 0 Å². The number of aromatic nitrogens is 1. The number of methoxy groups -OCH3 is 1. The van der Waals surface area contributed by atoms with Gasteiger partial charge < -0.3 is 9.72 Å². The molecule has 76 valence electrons. The normalized spacial score (nSPS) is 10.7. The van der Waals surface area contributed by atoms with Gasteiger partial charge in [0.2, 0.25) is 0 Å². The van der Waals surface area contributed by atoms with Crippen molar-refractivity contribution in [3.8, 4) is 0 Å². The quantitative estimate of drug-likeness (QED) is 0.666. The molecule has 1 heterocycles. The third kappa shape index (κ3) is 3.03. The molecule has 0 amide bonds. The van der Waals surface area contributed by atoms with Gasteiger partial charge >= 0.3 is 5.97 Å². The number of esters is 1. The van der Waals surface area contributed by atoms with Crippen molar-refractivity contribution in [1.82, 2.24) is 4.98 Å². The first-order chi connectivity index (χ1) is 6.77. The van der Waals surface area contributed by atoms with Crippen LogP contribution >= 0.6 is 15.9 Å². The van der Waals surface area contributed by atoms with E-state index in [1.165, 1.54) is 7.11 Å². The number of carbonyl (C=O) groups is 1. The van der Waals surface area contributed by atoms with Gasteiger partial charge in [0.15, 0.2) is 0 Å². The molecule has 0 fully saturated rings. The lowest BCUT2D eigenvalue weighted by atomic mass is 10.2. The summed E-state index contributed by atoms with van der Waals surface area (Å²) in [6, 6.07) is 1.76. The standard InChI is InChI=1S/C10H12BrNO2/c1-14-10(13)9-6-8(7-12-9)4-2-3-5-11/h2,4,6-7,12H,3,5H2,1H3. The molecule has 0 atom stereocenters. The maximum Gasteiger partial charge on any atom is 0.354 e. The fraction of sp³-hybridized carbons (Fsp3) is 0.300. The van der Waals surface area contributed by atoms with E-state index < -0.39 is 0 Å². The average Bonchev–Trinajstić information content (AvgIpc) is 2.66. The van der Waals surface area contributed by atoms with Gasteiger partial charge in [-0.1, -0.05) is 28.1 Å². The van der Waals surface area contributed by atoms with E-state index in [0.717, 1.165) is 17.3 Å². The van der Waals surface area contributed by atoms with Crippen molar-refractivity contribution in [2.75, 3.05) is 12.4 Å². The van der Waals surface area contributed by atoms with Crippen molar-refractivity contribution in [3.63, 3.8) is 0 Å². The number of rotatable bonds is 4. The molecule has 1 N–H and O–H groups in total. The second kappa shape index (κ2) is 5.65. The SMILES string of the molecule is COC(=O)c1cc(C=CCCBr)c[nH]1. The number of hydrogen-bond acceptors (Lipinski definition) is 2. The van der Waals surface area contributed by atoms with Crippen LogP contribution in [0.15, 0.2) is 18.3 Å². The smallest absolute Gasteiger partial charge is 0.354 e. The Kier molecular flexibility index (Phi) is 4.46. The second-order valence-electron chi connectivity index (χ2n) is 2.72. The Hall–Kier alpha value is -1.03. The molecule has 0 bridgehead atoms. The van der Waals surface area contributed by atoms with Gasteiger partial charge in [-0.05, 0) is 18.1 Å². The lowest BCUT2D eigenvalue weighted by Gasteiger charge is -1.91. The molecule has 0 unspecified atom stereocenters. The molecule has 0 aliphatic rings. The molecule has 0 saturated carbocycles. The highest BCUT2D eigenvalue weighted by Gasteiger charge is 2.05. The number of nitrogens with one attached hydrogen (secondary N) is 1. The molecule has 0 spiro atoms. The fourth-order valence-electron chi connectivity index (χ4n) is 1.02. The minimum atomic E-state index is -0.342. The topological polar surface area (TPSA) is 42.1 Å². The lowest BCUT2D eigenvalue weighted by Crippen LogP contribution is -2.00. The molecular formula is C10H12BrNO2. The second-order valence-corrected chi connectivity index (χ2v) is 3.51. The molecule has 0 saturated heterocycles. The largest absolute Gasteiger partial charge is 0.464 e. The third-order valence-corrected chi connectivity index (χ3v) is 2.15. The van der Waals surface area contributed by atoms with Gasteiger partial charge in [-0.25, -0.2) is 4.79 Å². The van der Waals surface area contributed by atoms with Crippen LogP contribution in [0.3, 0.4) is 0 Å². The zero-order valence-electron chi connectivity index (χ0n) is 7.92. The van der Waals surface area contributed by atoms with Crippen LogP contribution in [0.1, 0.15) is 22.5 Å². The van der Waals surface area contributed by atoms with Crippen LogP contribution in [0.4, 0.5) is 0 Å². The first kappa shape index (κ1) is 11.0. The van der Waals surface area contributed by atoms with Crippen molar-refractivity contribution >= 4 is 28.0 Å². The summed E-state index contributed by atoms with van der Waals surface area (Å²) in [5, 5.41) is 0.942. The summed E-state index contributed by atoms with van der Waals surface area (Å²) < 4.78 is 4.57. The Labute approximate surface area is 91.3 Å². The van der Waals surface area contributed by atoms with Gasteiger partial charge in [-0.3, -0.25) is 0 Å². The minimum Gasteiger partial charge on any atom is -0.464 e. The Morgan fingerprint density at radius 3 is 3.14 bits per heavy atom. The van der Waals surface area contributed by atoms with E-state index in [-0.39, 0.29) is 5.97 Å². The summed E-state index contributed by atoms with van der Waals surface area (Å²) in [5.74, 6) is -0.342. The molecule has 0 aromatic carbocycles. The van der Waals surface area contributed by atoms with Crippen LogP contribution in [0.25, 0.3) is 6.08 Å². The predicted octanol–water partition coefficient (Wildman–Crippen LogP) is 2.60. The molecule has 3 nitrogen and oxygen atoms in total. The number of hydrogen-bond donors (Lipinski definition) is 1. The Morgan fingerprint density at radius 2 is 2.50 bits per heavy atom. The third-order valence-electron chi connectivity index (χ3n) is 1.70. The summed E-state index contributed by atoms with van der Waals surface area (Å²) >= 11 is 3.33. The highest BCUT2D eigenvalue weighted by atomic mass is 79.9. The Morgan fingerprint density at radius 1 is 1.71 bits per heavy atom. The van der Waals surface area contributed by atoms with Gasteiger partial charge in [0.25, 0.3) is 0 Å². The molecular weight excluding hydrogens is 246 g/mol. The first-order valence-corrected chi connectivity index (χ1v) is 5.39. The van der Waals surface area contributed by atoms with E-state index in [9.17, 15) is 4.79 Å². The minimum absolute atomic E-state index is 0.342. The van der Waals surface area contributed by atoms with Crippen molar-refractivity contribution in [2.24, 2.45) is 0 Å². The van der Waals surface area contributed by atoms with Crippen molar-refractivity contribution in [1.29, 1.82) is 0 Å². The number of carbonyl (C=O) groups excluding carboxylic acids is 1. The maximum absolute atomic E-state index is 11.1. The van der Waals surface area contributed by atoms with E-state index in [2.05, 4.69) is 25.7 Å². The highest BCUT2D eigenvalue weighted by Crippen LogP contribution is 2.07. The Balaban J connectivity index is 2.63. The zero-order valence-corrected chi connectivity index (χ0v) is 9.50. The summed E-state index contributed by atoms with van der Waals surface area (Å²) in [5.41, 5.74) is 1.46. The van der Waals surface area contributed by atoms with Crippen LogP contribution in [-0.2, 0) is 4.74 Å². The van der Waals surface area contributed by atoms with Crippen molar-refractivity contribution < 1.29 is 9.53 Å². The highest BCUT2D eigenvalue weighted by molar-refractivity contribution is 9.09. The molecule has 14 heavy (non-hydrogen) atoms. The molecule has 4 heteroatoms. The summed E-state index contributed by atoms with van der Waals surface area (Å²) in [4.78, 5) is 13.9. The number of allylic oxidation sites excluding steroid dienone is 1. The van der Waals surface area contributed by atoms with Crippen molar-refractivity contribution in [2.45, 2.75) is 6.42 Å². The molecule has 0 aliphatic carbocycles. The van der Waals surface area contributed by atoms with Crippen LogP contribution < -0.4 is 0 Å². The van der Waals surface area contributed by atoms with Gasteiger partial charge in [0.05, 0.1) is 7.11 Å².